The normalized spacial score (nSPS) is 11.2. The molecule has 0 atom stereocenters. The van der Waals surface area contributed by atoms with Crippen LogP contribution >= 0.6 is 0 Å². The molecule has 19 heavy (non-hydrogen) atoms. The number of nitrogens with two attached hydrogens (primary N) is 1. The molecule has 0 saturated carbocycles. The van der Waals surface area contributed by atoms with Crippen molar-refractivity contribution in [3.63, 3.8) is 0 Å². The molecule has 2 rings (SSSR count). The molecule has 0 bridgehead atoms. The van der Waals surface area contributed by atoms with Gasteiger partial charge in [-0.05, 0) is 36.7 Å². The predicted molar refractivity (Wildman–Crippen MR) is 66.2 cm³/mol. The van der Waals surface area contributed by atoms with Crippen LogP contribution in [0.2, 0.25) is 0 Å². The lowest BCUT2D eigenvalue weighted by Gasteiger charge is -2.03. The summed E-state index contributed by atoms with van der Waals surface area (Å²) in [4.78, 5) is 0. The smallest absolute Gasteiger partial charge is 0.263 e. The zero-order chi connectivity index (χ0) is 13.8. The molecule has 0 aliphatic rings. The molecule has 0 saturated heterocycles. The van der Waals surface area contributed by atoms with E-state index in [1.807, 2.05) is 0 Å². The lowest BCUT2D eigenvalue weighted by molar-refractivity contribution is 0.151. The van der Waals surface area contributed by atoms with Gasteiger partial charge < -0.3 is 5.73 Å². The molecule has 0 aliphatic heterocycles. The molecule has 3 nitrogen and oxygen atoms in total. The molecule has 102 valence electrons. The summed E-state index contributed by atoms with van der Waals surface area (Å²) in [7, 11) is 0. The van der Waals surface area contributed by atoms with Crippen LogP contribution in [0.5, 0.6) is 0 Å². The van der Waals surface area contributed by atoms with E-state index in [1.165, 1.54) is 18.3 Å². The van der Waals surface area contributed by atoms with Crippen molar-refractivity contribution in [3.8, 4) is 11.1 Å². The van der Waals surface area contributed by atoms with Crippen molar-refractivity contribution >= 4 is 0 Å². The van der Waals surface area contributed by atoms with Gasteiger partial charge in [0, 0.05) is 23.9 Å². The van der Waals surface area contributed by atoms with Crippen molar-refractivity contribution in [2.24, 2.45) is 5.73 Å². The van der Waals surface area contributed by atoms with Crippen LogP contribution in [-0.4, -0.2) is 16.3 Å². The van der Waals surface area contributed by atoms with E-state index in [4.69, 9.17) is 5.73 Å². The second kappa shape index (κ2) is 5.88. The lowest BCUT2D eigenvalue weighted by Crippen LogP contribution is -2.05. The second-order valence-corrected chi connectivity index (χ2v) is 4.21. The first-order valence-electron chi connectivity index (χ1n) is 5.91. The molecule has 2 aromatic rings. The molecule has 6 heteroatoms. The Bertz CT molecular complexity index is 552. The van der Waals surface area contributed by atoms with Crippen LogP contribution in [0.1, 0.15) is 18.4 Å². The number of aromatic nitrogens is 2. The first-order chi connectivity index (χ1) is 9.10. The monoisotopic (exact) mass is 269 g/mol. The fourth-order valence-corrected chi connectivity index (χ4v) is 1.79. The van der Waals surface area contributed by atoms with Crippen molar-refractivity contribution in [3.05, 3.63) is 42.0 Å². The Morgan fingerprint density at radius 2 is 2.00 bits per heavy atom. The average Bonchev–Trinajstić information content (AvgIpc) is 2.84. The van der Waals surface area contributed by atoms with E-state index in [0.717, 1.165) is 12.5 Å². The standard InChI is InChI=1S/C13H14F3N3/c14-12-5-9(4-10(6-12)13(15)16)11-7-18-19(8-11)3-1-2-17/h4-8,13H,1-3,17H2. The zero-order valence-corrected chi connectivity index (χ0v) is 10.2. The maximum Gasteiger partial charge on any atom is 0.263 e. The topological polar surface area (TPSA) is 43.8 Å². The molecule has 2 N–H and O–H groups in total. The van der Waals surface area contributed by atoms with E-state index in [-0.39, 0.29) is 5.56 Å². The molecule has 1 heterocycles. The van der Waals surface area contributed by atoms with Gasteiger partial charge in [0.15, 0.2) is 0 Å². The van der Waals surface area contributed by atoms with Gasteiger partial charge in [0.25, 0.3) is 6.43 Å². The molecular formula is C13H14F3N3. The van der Waals surface area contributed by atoms with Crippen molar-refractivity contribution in [2.45, 2.75) is 19.4 Å². The highest BCUT2D eigenvalue weighted by Gasteiger charge is 2.12. The average molecular weight is 269 g/mol. The molecule has 0 fully saturated rings. The Balaban J connectivity index is 2.28. The summed E-state index contributed by atoms with van der Waals surface area (Å²) < 4.78 is 40.2. The summed E-state index contributed by atoms with van der Waals surface area (Å²) >= 11 is 0. The van der Waals surface area contributed by atoms with Crippen LogP contribution in [-0.2, 0) is 6.54 Å². The van der Waals surface area contributed by atoms with E-state index in [0.29, 0.717) is 24.2 Å². The Hall–Kier alpha value is -1.82. The molecule has 1 aromatic carbocycles. The van der Waals surface area contributed by atoms with Crippen LogP contribution in [0.3, 0.4) is 0 Å². The summed E-state index contributed by atoms with van der Waals surface area (Å²) in [5, 5.41) is 4.09. The Labute approximate surface area is 108 Å². The SMILES string of the molecule is NCCCn1cc(-c2cc(F)cc(C(F)F)c2)cn1. The number of nitrogens with zero attached hydrogens (tertiary/aromatic N) is 2. The van der Waals surface area contributed by atoms with Crippen molar-refractivity contribution in [1.82, 2.24) is 9.78 Å². The fourth-order valence-electron chi connectivity index (χ4n) is 1.79. The summed E-state index contributed by atoms with van der Waals surface area (Å²) in [5.74, 6) is -0.678. The molecule has 0 unspecified atom stereocenters. The third-order valence-corrected chi connectivity index (χ3v) is 2.73. The molecule has 0 radical (unpaired) electrons. The van der Waals surface area contributed by atoms with Gasteiger partial charge >= 0.3 is 0 Å². The largest absolute Gasteiger partial charge is 0.330 e. The van der Waals surface area contributed by atoms with Crippen LogP contribution in [0, 0.1) is 5.82 Å². The quantitative estimate of drug-likeness (QED) is 0.906. The maximum absolute atomic E-state index is 13.3. The minimum atomic E-state index is -2.69. The van der Waals surface area contributed by atoms with Crippen LogP contribution in [0.15, 0.2) is 30.6 Å². The third-order valence-electron chi connectivity index (χ3n) is 2.73. The van der Waals surface area contributed by atoms with Crippen LogP contribution < -0.4 is 5.73 Å². The van der Waals surface area contributed by atoms with Crippen LogP contribution in [0.4, 0.5) is 13.2 Å². The number of hydrogen-bond donors (Lipinski definition) is 1. The minimum absolute atomic E-state index is 0.329. The summed E-state index contributed by atoms with van der Waals surface area (Å²) in [6.45, 7) is 1.19. The molecular weight excluding hydrogens is 255 g/mol. The lowest BCUT2D eigenvalue weighted by atomic mass is 10.1. The number of aryl methyl sites for hydroxylation is 1. The molecule has 0 amide bonds. The molecule has 1 aromatic heterocycles. The van der Waals surface area contributed by atoms with Gasteiger partial charge in [0.1, 0.15) is 5.82 Å². The van der Waals surface area contributed by atoms with E-state index in [2.05, 4.69) is 5.10 Å². The number of rotatable bonds is 5. The highest BCUT2D eigenvalue weighted by Crippen LogP contribution is 2.26. The Kier molecular flexibility index (Phi) is 4.21. The van der Waals surface area contributed by atoms with Crippen molar-refractivity contribution < 1.29 is 13.2 Å². The van der Waals surface area contributed by atoms with Gasteiger partial charge in [-0.3, -0.25) is 4.68 Å². The van der Waals surface area contributed by atoms with Crippen LogP contribution in [0.25, 0.3) is 11.1 Å². The number of benzene rings is 1. The zero-order valence-electron chi connectivity index (χ0n) is 10.2. The Morgan fingerprint density at radius 3 is 2.68 bits per heavy atom. The fraction of sp³-hybridized carbons (Fsp3) is 0.308. The van der Waals surface area contributed by atoms with Crippen molar-refractivity contribution in [2.75, 3.05) is 6.54 Å². The maximum atomic E-state index is 13.3. The number of alkyl halides is 2. The minimum Gasteiger partial charge on any atom is -0.330 e. The van der Waals surface area contributed by atoms with E-state index in [1.54, 1.807) is 10.9 Å². The van der Waals surface area contributed by atoms with Crippen molar-refractivity contribution in [1.29, 1.82) is 0 Å². The predicted octanol–water partition coefficient (Wildman–Crippen LogP) is 2.98. The number of halogens is 3. The van der Waals surface area contributed by atoms with Gasteiger partial charge in [0.05, 0.1) is 6.20 Å². The summed E-state index contributed by atoms with van der Waals surface area (Å²) in [6.07, 6.45) is 1.30. The highest BCUT2D eigenvalue weighted by molar-refractivity contribution is 5.62. The van der Waals surface area contributed by atoms with Gasteiger partial charge in [-0.1, -0.05) is 0 Å². The third kappa shape index (κ3) is 3.35. The van der Waals surface area contributed by atoms with Gasteiger partial charge in [-0.2, -0.15) is 5.10 Å². The molecule has 0 spiro atoms. The molecule has 0 aliphatic carbocycles. The first-order valence-corrected chi connectivity index (χ1v) is 5.91. The number of hydrogen-bond acceptors (Lipinski definition) is 2. The highest BCUT2D eigenvalue weighted by atomic mass is 19.3. The summed E-state index contributed by atoms with van der Waals surface area (Å²) in [6, 6.07) is 3.33. The first kappa shape index (κ1) is 13.6. The van der Waals surface area contributed by atoms with Gasteiger partial charge in [-0.25, -0.2) is 13.2 Å². The second-order valence-electron chi connectivity index (χ2n) is 4.21. The Morgan fingerprint density at radius 1 is 1.21 bits per heavy atom. The summed E-state index contributed by atoms with van der Waals surface area (Å²) in [5.41, 5.74) is 6.07. The van der Waals surface area contributed by atoms with E-state index >= 15 is 0 Å². The van der Waals surface area contributed by atoms with E-state index in [9.17, 15) is 13.2 Å². The van der Waals surface area contributed by atoms with E-state index < -0.39 is 12.2 Å². The van der Waals surface area contributed by atoms with Gasteiger partial charge in [0.2, 0.25) is 0 Å². The van der Waals surface area contributed by atoms with Gasteiger partial charge in [-0.15, -0.1) is 0 Å².